The average Bonchev–Trinajstić information content (AvgIpc) is 2.66. The fraction of sp³-hybridized carbons (Fsp3) is 0.227. The summed E-state index contributed by atoms with van der Waals surface area (Å²) >= 11 is 0. The minimum atomic E-state index is 0.175. The van der Waals surface area contributed by atoms with Gasteiger partial charge in [0.1, 0.15) is 7.05 Å². The van der Waals surface area contributed by atoms with Gasteiger partial charge in [-0.2, -0.15) is 0 Å². The third-order valence-electron chi connectivity index (χ3n) is 4.54. The molecule has 1 aromatic heterocycles. The van der Waals surface area contributed by atoms with Gasteiger partial charge in [0.05, 0.1) is 12.0 Å². The first-order chi connectivity index (χ1) is 12.2. The first kappa shape index (κ1) is 17.2. The lowest BCUT2D eigenvalue weighted by molar-refractivity contribution is -0.644. The van der Waals surface area contributed by atoms with Crippen LogP contribution in [0.1, 0.15) is 18.1 Å². The number of rotatable bonds is 6. The van der Waals surface area contributed by atoms with Crippen molar-refractivity contribution in [3.05, 3.63) is 71.9 Å². The topological polar surface area (TPSA) is 27.3 Å². The zero-order chi connectivity index (χ0) is 17.6. The zero-order valence-corrected chi connectivity index (χ0v) is 14.9. The number of benzene rings is 2. The Morgan fingerprint density at radius 1 is 1.00 bits per heavy atom. The second kappa shape index (κ2) is 7.95. The van der Waals surface area contributed by atoms with E-state index in [9.17, 15) is 0 Å². The Kier molecular flexibility index (Phi) is 5.46. The molecule has 3 nitrogen and oxygen atoms in total. The number of aryl methyl sites for hydroxylation is 1. The molecule has 0 radical (unpaired) electrons. The van der Waals surface area contributed by atoms with E-state index in [1.807, 2.05) is 0 Å². The fourth-order valence-electron chi connectivity index (χ4n) is 3.11. The summed E-state index contributed by atoms with van der Waals surface area (Å²) in [4.78, 5) is 2.16. The molecule has 2 aromatic carbocycles. The number of pyridine rings is 1. The van der Waals surface area contributed by atoms with Gasteiger partial charge < -0.3 is 10.0 Å². The van der Waals surface area contributed by atoms with Gasteiger partial charge in [-0.1, -0.05) is 36.4 Å². The Balaban J connectivity index is 1.84. The maximum absolute atomic E-state index is 9.15. The van der Waals surface area contributed by atoms with Crippen LogP contribution in [0.2, 0.25) is 0 Å². The molecule has 25 heavy (non-hydrogen) atoms. The van der Waals surface area contributed by atoms with Crippen LogP contribution < -0.4 is 9.47 Å². The number of para-hydroxylation sites is 1. The molecule has 0 aliphatic carbocycles. The van der Waals surface area contributed by atoms with Gasteiger partial charge >= 0.3 is 0 Å². The van der Waals surface area contributed by atoms with Gasteiger partial charge in [-0.05, 0) is 36.2 Å². The molecule has 0 saturated heterocycles. The van der Waals surface area contributed by atoms with Crippen LogP contribution in [0.4, 0.5) is 5.69 Å². The molecular weight excluding hydrogens is 308 g/mol. The second-order valence-electron chi connectivity index (χ2n) is 6.13. The molecule has 0 fully saturated rings. The Hall–Kier alpha value is -2.65. The SMILES string of the molecule is CCN(CCO)c1ccc(/C=C/c2cc[n+](C)c3ccccc23)cc1. The third kappa shape index (κ3) is 3.89. The minimum absolute atomic E-state index is 0.175. The van der Waals surface area contributed by atoms with Gasteiger partial charge in [0.2, 0.25) is 5.52 Å². The number of likely N-dealkylation sites (N-methyl/N-ethyl adjacent to an activating group) is 1. The summed E-state index contributed by atoms with van der Waals surface area (Å²) in [5.41, 5.74) is 4.75. The number of anilines is 1. The van der Waals surface area contributed by atoms with Crippen LogP contribution in [0.15, 0.2) is 60.8 Å². The molecule has 1 heterocycles. The van der Waals surface area contributed by atoms with E-state index >= 15 is 0 Å². The molecule has 1 N–H and O–H groups in total. The van der Waals surface area contributed by atoms with Crippen molar-refractivity contribution in [2.24, 2.45) is 7.05 Å². The highest BCUT2D eigenvalue weighted by Crippen LogP contribution is 2.19. The highest BCUT2D eigenvalue weighted by Gasteiger charge is 2.06. The van der Waals surface area contributed by atoms with E-state index in [0.29, 0.717) is 6.54 Å². The number of hydrogen-bond donors (Lipinski definition) is 1. The van der Waals surface area contributed by atoms with Crippen LogP contribution in [-0.2, 0) is 7.05 Å². The fourth-order valence-corrected chi connectivity index (χ4v) is 3.11. The van der Waals surface area contributed by atoms with Crippen LogP contribution in [0.25, 0.3) is 23.1 Å². The van der Waals surface area contributed by atoms with Gasteiger partial charge in [0.15, 0.2) is 6.20 Å². The van der Waals surface area contributed by atoms with Gasteiger partial charge in [0.25, 0.3) is 0 Å². The quantitative estimate of drug-likeness (QED) is 0.697. The average molecular weight is 333 g/mol. The van der Waals surface area contributed by atoms with Crippen molar-refractivity contribution in [3.63, 3.8) is 0 Å². The Bertz CT molecular complexity index is 869. The summed E-state index contributed by atoms with van der Waals surface area (Å²) in [6, 6.07) is 19.1. The lowest BCUT2D eigenvalue weighted by Crippen LogP contribution is -2.28. The molecule has 0 amide bonds. The maximum atomic E-state index is 9.15. The van der Waals surface area contributed by atoms with Crippen LogP contribution in [0, 0.1) is 0 Å². The summed E-state index contributed by atoms with van der Waals surface area (Å²) in [6.45, 7) is 3.83. The molecular formula is C22H25N2O+. The van der Waals surface area contributed by atoms with E-state index in [1.54, 1.807) is 0 Å². The number of hydrogen-bond acceptors (Lipinski definition) is 2. The van der Waals surface area contributed by atoms with E-state index in [-0.39, 0.29) is 6.61 Å². The summed E-state index contributed by atoms with van der Waals surface area (Å²) < 4.78 is 2.14. The monoisotopic (exact) mass is 333 g/mol. The van der Waals surface area contributed by atoms with Crippen molar-refractivity contribution in [1.29, 1.82) is 0 Å². The Morgan fingerprint density at radius 2 is 1.76 bits per heavy atom. The lowest BCUT2D eigenvalue weighted by Gasteiger charge is -2.21. The molecule has 128 valence electrons. The summed E-state index contributed by atoms with van der Waals surface area (Å²) in [5.74, 6) is 0. The van der Waals surface area contributed by atoms with Crippen LogP contribution in [0.5, 0.6) is 0 Å². The van der Waals surface area contributed by atoms with Crippen molar-refractivity contribution >= 4 is 28.7 Å². The minimum Gasteiger partial charge on any atom is -0.395 e. The van der Waals surface area contributed by atoms with Crippen molar-refractivity contribution in [2.45, 2.75) is 6.92 Å². The largest absolute Gasteiger partial charge is 0.395 e. The van der Waals surface area contributed by atoms with E-state index in [2.05, 4.69) is 96.4 Å². The highest BCUT2D eigenvalue weighted by molar-refractivity contribution is 5.88. The summed E-state index contributed by atoms with van der Waals surface area (Å²) in [6.07, 6.45) is 6.41. The van der Waals surface area contributed by atoms with Gasteiger partial charge in [-0.3, -0.25) is 0 Å². The van der Waals surface area contributed by atoms with Crippen molar-refractivity contribution < 1.29 is 9.67 Å². The Labute approximate surface area is 149 Å². The number of aliphatic hydroxyl groups is 1. The zero-order valence-electron chi connectivity index (χ0n) is 14.9. The lowest BCUT2D eigenvalue weighted by atomic mass is 10.1. The van der Waals surface area contributed by atoms with Gasteiger partial charge in [-0.25, -0.2) is 4.57 Å². The smallest absolute Gasteiger partial charge is 0.212 e. The molecule has 0 aliphatic rings. The van der Waals surface area contributed by atoms with Crippen LogP contribution in [0.3, 0.4) is 0 Å². The molecule has 0 unspecified atom stereocenters. The molecule has 3 rings (SSSR count). The molecule has 3 heteroatoms. The Morgan fingerprint density at radius 3 is 2.48 bits per heavy atom. The van der Waals surface area contributed by atoms with Crippen LogP contribution in [-0.4, -0.2) is 24.8 Å². The van der Waals surface area contributed by atoms with Gasteiger partial charge in [-0.15, -0.1) is 0 Å². The summed E-state index contributed by atoms with van der Waals surface area (Å²) in [5, 5.41) is 10.4. The predicted molar refractivity (Wildman–Crippen MR) is 105 cm³/mol. The standard InChI is InChI=1S/C22H25N2O/c1-3-24(16-17-25)20-12-9-18(10-13-20)8-11-19-14-15-23(2)22-7-5-4-6-21(19)22/h4-15,25H,3,16-17H2,1-2H3/q+1. The first-order valence-electron chi connectivity index (χ1n) is 8.74. The number of fused-ring (bicyclic) bond motifs is 1. The molecule has 0 atom stereocenters. The molecule has 0 aliphatic heterocycles. The van der Waals surface area contributed by atoms with Gasteiger partial charge in [0, 0.05) is 30.9 Å². The number of aromatic nitrogens is 1. The van der Waals surface area contributed by atoms with Crippen LogP contribution >= 0.6 is 0 Å². The molecule has 3 aromatic rings. The van der Waals surface area contributed by atoms with E-state index in [0.717, 1.165) is 12.2 Å². The normalized spacial score (nSPS) is 11.3. The number of nitrogens with zero attached hydrogens (tertiary/aromatic N) is 2. The second-order valence-corrected chi connectivity index (χ2v) is 6.13. The van der Waals surface area contributed by atoms with Crippen molar-refractivity contribution in [2.75, 3.05) is 24.6 Å². The summed E-state index contributed by atoms with van der Waals surface area (Å²) in [7, 11) is 2.07. The van der Waals surface area contributed by atoms with E-state index < -0.39 is 0 Å². The first-order valence-corrected chi connectivity index (χ1v) is 8.74. The molecule has 0 bridgehead atoms. The van der Waals surface area contributed by atoms with Crippen molar-refractivity contribution in [3.8, 4) is 0 Å². The van der Waals surface area contributed by atoms with Crippen molar-refractivity contribution in [1.82, 2.24) is 0 Å². The molecule has 0 spiro atoms. The third-order valence-corrected chi connectivity index (χ3v) is 4.54. The maximum Gasteiger partial charge on any atom is 0.212 e. The highest BCUT2D eigenvalue weighted by atomic mass is 16.3. The van der Waals surface area contributed by atoms with E-state index in [4.69, 9.17) is 5.11 Å². The van der Waals surface area contributed by atoms with E-state index in [1.165, 1.54) is 22.0 Å². The number of aliphatic hydroxyl groups excluding tert-OH is 1. The predicted octanol–water partition coefficient (Wildman–Crippen LogP) is 3.65. The molecule has 0 saturated carbocycles.